The van der Waals surface area contributed by atoms with E-state index in [0.29, 0.717) is 4.34 Å². The van der Waals surface area contributed by atoms with Crippen molar-refractivity contribution >= 4 is 45.3 Å². The summed E-state index contributed by atoms with van der Waals surface area (Å²) in [5, 5.41) is 14.5. The Kier molecular flexibility index (Phi) is 5.54. The van der Waals surface area contributed by atoms with Crippen molar-refractivity contribution in [3.8, 4) is 0 Å². The van der Waals surface area contributed by atoms with Crippen molar-refractivity contribution in [3.63, 3.8) is 0 Å². The van der Waals surface area contributed by atoms with E-state index in [4.69, 9.17) is 11.6 Å². The zero-order valence-electron chi connectivity index (χ0n) is 11.2. The first kappa shape index (κ1) is 16.2. The zero-order valence-corrected chi connectivity index (χ0v) is 13.6. The molecule has 2 aromatic heterocycles. The SMILES string of the molecule is CCCCCCSc1nn2c(=O)c([N+](=O)[O-])c(Cl)nc2s1. The molecule has 0 amide bonds. The summed E-state index contributed by atoms with van der Waals surface area (Å²) in [4.78, 5) is 26.1. The largest absolute Gasteiger partial charge is 0.372 e. The summed E-state index contributed by atoms with van der Waals surface area (Å²) in [5.41, 5.74) is -1.58. The van der Waals surface area contributed by atoms with Gasteiger partial charge in [-0.1, -0.05) is 60.9 Å². The molecule has 0 aliphatic carbocycles. The normalized spacial score (nSPS) is 11.1. The van der Waals surface area contributed by atoms with Crippen molar-refractivity contribution in [3.05, 3.63) is 25.6 Å². The smallest absolute Gasteiger partial charge is 0.259 e. The van der Waals surface area contributed by atoms with Gasteiger partial charge in [-0.05, 0) is 6.42 Å². The number of unbranched alkanes of at least 4 members (excludes halogenated alkanes) is 3. The van der Waals surface area contributed by atoms with Gasteiger partial charge in [0.15, 0.2) is 4.34 Å². The molecule has 0 bridgehead atoms. The monoisotopic (exact) mass is 348 g/mol. The molecule has 2 aromatic rings. The number of aromatic nitrogens is 3. The van der Waals surface area contributed by atoms with Crippen molar-refractivity contribution in [2.45, 2.75) is 36.9 Å². The molecule has 21 heavy (non-hydrogen) atoms. The summed E-state index contributed by atoms with van der Waals surface area (Å²) < 4.78 is 1.61. The highest BCUT2D eigenvalue weighted by Crippen LogP contribution is 2.27. The van der Waals surface area contributed by atoms with Crippen molar-refractivity contribution < 1.29 is 4.92 Å². The fourth-order valence-corrected chi connectivity index (χ4v) is 3.97. The molecule has 0 unspecified atom stereocenters. The average Bonchev–Trinajstić information content (AvgIpc) is 2.81. The first-order valence-electron chi connectivity index (χ1n) is 6.41. The third kappa shape index (κ3) is 3.72. The molecule has 0 saturated carbocycles. The number of hydrogen-bond donors (Lipinski definition) is 0. The summed E-state index contributed by atoms with van der Waals surface area (Å²) in [6, 6.07) is 0. The van der Waals surface area contributed by atoms with E-state index in [1.165, 1.54) is 35.9 Å². The second kappa shape index (κ2) is 7.19. The summed E-state index contributed by atoms with van der Waals surface area (Å²) >= 11 is 8.41. The minimum absolute atomic E-state index is 0.270. The number of halogens is 1. The predicted molar refractivity (Wildman–Crippen MR) is 83.7 cm³/mol. The fraction of sp³-hybridized carbons (Fsp3) is 0.545. The molecule has 0 radical (unpaired) electrons. The van der Waals surface area contributed by atoms with Gasteiger partial charge in [-0.2, -0.15) is 9.50 Å². The Balaban J connectivity index is 2.20. The third-order valence-corrected chi connectivity index (χ3v) is 5.12. The van der Waals surface area contributed by atoms with Crippen molar-refractivity contribution in [2.75, 3.05) is 5.75 Å². The van der Waals surface area contributed by atoms with Crippen LogP contribution in [0.25, 0.3) is 4.96 Å². The van der Waals surface area contributed by atoms with E-state index in [-0.39, 0.29) is 4.96 Å². The molecular weight excluding hydrogens is 336 g/mol. The van der Waals surface area contributed by atoms with Crippen LogP contribution in [0.15, 0.2) is 9.13 Å². The van der Waals surface area contributed by atoms with Gasteiger partial charge in [0.2, 0.25) is 10.1 Å². The first-order chi connectivity index (χ1) is 10.0. The summed E-state index contributed by atoms with van der Waals surface area (Å²) in [5.74, 6) is 0.893. The Labute approximate surface area is 133 Å². The van der Waals surface area contributed by atoms with E-state index in [1.807, 2.05) is 0 Å². The number of fused-ring (bicyclic) bond motifs is 1. The number of thioether (sulfide) groups is 1. The van der Waals surface area contributed by atoms with Crippen LogP contribution in [0, 0.1) is 10.1 Å². The first-order valence-corrected chi connectivity index (χ1v) is 8.59. The maximum absolute atomic E-state index is 12.0. The molecule has 0 saturated heterocycles. The number of nitro groups is 1. The van der Waals surface area contributed by atoms with Crippen LogP contribution < -0.4 is 5.56 Å². The lowest BCUT2D eigenvalue weighted by Crippen LogP contribution is -2.19. The zero-order chi connectivity index (χ0) is 15.4. The van der Waals surface area contributed by atoms with Crippen molar-refractivity contribution in [1.29, 1.82) is 0 Å². The van der Waals surface area contributed by atoms with Crippen LogP contribution >= 0.6 is 34.7 Å². The van der Waals surface area contributed by atoms with E-state index in [9.17, 15) is 14.9 Å². The lowest BCUT2D eigenvalue weighted by molar-refractivity contribution is -0.386. The highest BCUT2D eigenvalue weighted by atomic mass is 35.5. The second-order valence-electron chi connectivity index (χ2n) is 4.28. The van der Waals surface area contributed by atoms with Crippen LogP contribution in [0.4, 0.5) is 5.69 Å². The number of hydrogen-bond acceptors (Lipinski definition) is 7. The van der Waals surface area contributed by atoms with Gasteiger partial charge in [-0.15, -0.1) is 5.10 Å². The van der Waals surface area contributed by atoms with Crippen molar-refractivity contribution in [1.82, 2.24) is 14.6 Å². The van der Waals surface area contributed by atoms with E-state index < -0.39 is 21.3 Å². The third-order valence-electron chi connectivity index (χ3n) is 2.73. The molecule has 0 aromatic carbocycles. The maximum Gasteiger partial charge on any atom is 0.372 e. The average molecular weight is 349 g/mol. The lowest BCUT2D eigenvalue weighted by atomic mass is 10.2. The Morgan fingerprint density at radius 3 is 2.86 bits per heavy atom. The Morgan fingerprint density at radius 2 is 2.19 bits per heavy atom. The highest BCUT2D eigenvalue weighted by Gasteiger charge is 2.24. The predicted octanol–water partition coefficient (Wildman–Crippen LogP) is 3.39. The molecule has 0 aliphatic heterocycles. The Morgan fingerprint density at radius 1 is 1.43 bits per heavy atom. The highest BCUT2D eigenvalue weighted by molar-refractivity contribution is 8.01. The van der Waals surface area contributed by atoms with Gasteiger partial charge in [-0.3, -0.25) is 14.9 Å². The molecule has 2 heterocycles. The second-order valence-corrected chi connectivity index (χ2v) is 6.94. The quantitative estimate of drug-likeness (QED) is 0.250. The van der Waals surface area contributed by atoms with Crippen LogP contribution in [-0.4, -0.2) is 25.3 Å². The molecule has 0 spiro atoms. The molecule has 0 atom stereocenters. The van der Waals surface area contributed by atoms with Gasteiger partial charge in [-0.25, -0.2) is 0 Å². The molecule has 2 rings (SSSR count). The van der Waals surface area contributed by atoms with E-state index in [1.54, 1.807) is 0 Å². The topological polar surface area (TPSA) is 90.4 Å². The summed E-state index contributed by atoms with van der Waals surface area (Å²) in [7, 11) is 0. The van der Waals surface area contributed by atoms with Gasteiger partial charge >= 0.3 is 11.2 Å². The van der Waals surface area contributed by atoms with Gasteiger partial charge in [0.1, 0.15) is 0 Å². The summed E-state index contributed by atoms with van der Waals surface area (Å²) in [6.07, 6.45) is 4.60. The summed E-state index contributed by atoms with van der Waals surface area (Å²) in [6.45, 7) is 2.15. The van der Waals surface area contributed by atoms with Crippen LogP contribution in [0.2, 0.25) is 5.15 Å². The Hall–Kier alpha value is -1.19. The van der Waals surface area contributed by atoms with E-state index in [2.05, 4.69) is 17.0 Å². The molecule has 0 aliphatic rings. The molecule has 114 valence electrons. The standard InChI is InChI=1S/C11H13ClN4O3S2/c1-2-3-4-5-6-20-11-14-15-9(17)7(16(18)19)8(12)13-10(15)21-11/h2-6H2,1H3. The van der Waals surface area contributed by atoms with Crippen LogP contribution in [0.3, 0.4) is 0 Å². The molecule has 10 heteroatoms. The van der Waals surface area contributed by atoms with E-state index in [0.717, 1.165) is 23.1 Å². The van der Waals surface area contributed by atoms with Crippen LogP contribution in [0.5, 0.6) is 0 Å². The molecule has 0 N–H and O–H groups in total. The minimum atomic E-state index is -0.843. The van der Waals surface area contributed by atoms with Gasteiger partial charge in [0.05, 0.1) is 4.92 Å². The Bertz CT molecular complexity index is 715. The maximum atomic E-state index is 12.0. The van der Waals surface area contributed by atoms with Gasteiger partial charge < -0.3 is 0 Å². The van der Waals surface area contributed by atoms with E-state index >= 15 is 0 Å². The van der Waals surface area contributed by atoms with Gasteiger partial charge in [0.25, 0.3) is 0 Å². The lowest BCUT2D eigenvalue weighted by Gasteiger charge is -1.96. The number of rotatable bonds is 7. The number of nitrogens with zero attached hydrogens (tertiary/aromatic N) is 4. The van der Waals surface area contributed by atoms with Crippen LogP contribution in [0.1, 0.15) is 32.6 Å². The fourth-order valence-electron chi connectivity index (χ4n) is 1.69. The molecule has 7 nitrogen and oxygen atoms in total. The molecular formula is C11H13ClN4O3S2. The van der Waals surface area contributed by atoms with Crippen molar-refractivity contribution in [2.24, 2.45) is 0 Å². The van der Waals surface area contributed by atoms with Crippen LogP contribution in [-0.2, 0) is 0 Å². The minimum Gasteiger partial charge on any atom is -0.259 e. The van der Waals surface area contributed by atoms with Gasteiger partial charge in [0, 0.05) is 5.75 Å². The molecule has 0 fully saturated rings.